The smallest absolute Gasteiger partial charge is 0.257 e. The van der Waals surface area contributed by atoms with Crippen LogP contribution in [0, 0.1) is 5.92 Å². The van der Waals surface area contributed by atoms with Crippen LogP contribution in [-0.2, 0) is 4.79 Å². The van der Waals surface area contributed by atoms with Gasteiger partial charge in [0.25, 0.3) is 5.91 Å². The summed E-state index contributed by atoms with van der Waals surface area (Å²) in [5.74, 6) is 0.300. The second kappa shape index (κ2) is 7.04. The zero-order chi connectivity index (χ0) is 17.2. The molecule has 0 bridgehead atoms. The molecule has 1 atom stereocenters. The highest BCUT2D eigenvalue weighted by Crippen LogP contribution is 2.35. The third kappa shape index (κ3) is 3.23. The summed E-state index contributed by atoms with van der Waals surface area (Å²) in [5.41, 5.74) is 1.85. The molecular weight excluding hydrogens is 336 g/mol. The molecule has 5 nitrogen and oxygen atoms in total. The number of carbonyl (C=O) groups is 2. The molecule has 6 heteroatoms. The van der Waals surface area contributed by atoms with Crippen molar-refractivity contribution in [2.75, 3.05) is 19.6 Å². The summed E-state index contributed by atoms with van der Waals surface area (Å²) in [6.45, 7) is 2.13. The molecule has 4 heterocycles. The number of piperidine rings is 1. The van der Waals surface area contributed by atoms with Crippen LogP contribution in [0.1, 0.15) is 47.6 Å². The molecule has 0 unspecified atom stereocenters. The topological polar surface area (TPSA) is 53.8 Å². The van der Waals surface area contributed by atoms with Gasteiger partial charge >= 0.3 is 0 Å². The second-order valence-corrected chi connectivity index (χ2v) is 7.60. The Bertz CT molecular complexity index is 718. The molecule has 25 heavy (non-hydrogen) atoms. The van der Waals surface area contributed by atoms with Crippen LogP contribution in [0.5, 0.6) is 0 Å². The van der Waals surface area contributed by atoms with Crippen molar-refractivity contribution in [3.05, 3.63) is 46.5 Å². The van der Waals surface area contributed by atoms with E-state index in [1.807, 2.05) is 4.90 Å². The van der Waals surface area contributed by atoms with Gasteiger partial charge in [0.05, 0.1) is 17.9 Å². The van der Waals surface area contributed by atoms with Crippen LogP contribution in [0.3, 0.4) is 0 Å². The van der Waals surface area contributed by atoms with Gasteiger partial charge in [0.1, 0.15) is 6.26 Å². The zero-order valence-corrected chi connectivity index (χ0v) is 14.9. The molecule has 2 saturated heterocycles. The van der Waals surface area contributed by atoms with E-state index < -0.39 is 0 Å². The summed E-state index contributed by atoms with van der Waals surface area (Å²) >= 11 is 1.69. The first kappa shape index (κ1) is 16.4. The minimum Gasteiger partial charge on any atom is -0.472 e. The molecule has 0 spiro atoms. The van der Waals surface area contributed by atoms with Gasteiger partial charge in [-0.2, -0.15) is 11.3 Å². The Morgan fingerprint density at radius 1 is 1.12 bits per heavy atom. The first-order valence-electron chi connectivity index (χ1n) is 8.88. The average molecular weight is 358 g/mol. The number of likely N-dealkylation sites (tertiary alicyclic amines) is 2. The van der Waals surface area contributed by atoms with E-state index in [1.165, 1.54) is 18.1 Å². The minimum absolute atomic E-state index is 0.00280. The highest BCUT2D eigenvalue weighted by atomic mass is 32.1. The van der Waals surface area contributed by atoms with Crippen LogP contribution < -0.4 is 0 Å². The number of rotatable bonds is 3. The van der Waals surface area contributed by atoms with E-state index in [2.05, 4.69) is 21.7 Å². The lowest BCUT2D eigenvalue weighted by Crippen LogP contribution is -2.44. The van der Waals surface area contributed by atoms with Crippen molar-refractivity contribution in [2.24, 2.45) is 5.92 Å². The van der Waals surface area contributed by atoms with E-state index in [9.17, 15) is 9.59 Å². The van der Waals surface area contributed by atoms with Crippen LogP contribution >= 0.6 is 11.3 Å². The van der Waals surface area contributed by atoms with Crippen LogP contribution in [0.15, 0.2) is 39.8 Å². The number of amides is 2. The monoisotopic (exact) mass is 358 g/mol. The fraction of sp³-hybridized carbons (Fsp3) is 0.474. The van der Waals surface area contributed by atoms with E-state index in [0.717, 1.165) is 32.2 Å². The fourth-order valence-electron chi connectivity index (χ4n) is 3.97. The number of nitrogens with zero attached hydrogens (tertiary/aromatic N) is 2. The van der Waals surface area contributed by atoms with Gasteiger partial charge in [-0.15, -0.1) is 0 Å². The third-order valence-corrected chi connectivity index (χ3v) is 6.06. The summed E-state index contributed by atoms with van der Waals surface area (Å²) in [7, 11) is 0. The first-order chi connectivity index (χ1) is 12.2. The maximum absolute atomic E-state index is 13.0. The molecule has 0 radical (unpaired) electrons. The van der Waals surface area contributed by atoms with Gasteiger partial charge in [-0.3, -0.25) is 9.59 Å². The molecule has 2 aliphatic rings. The van der Waals surface area contributed by atoms with Crippen LogP contribution in [0.2, 0.25) is 0 Å². The Labute approximate surface area is 151 Å². The van der Waals surface area contributed by atoms with Gasteiger partial charge in [0.15, 0.2) is 0 Å². The van der Waals surface area contributed by atoms with Crippen molar-refractivity contribution in [1.82, 2.24) is 9.80 Å². The SMILES string of the molecule is O=C(c1ccoc1)N1CCC(C(=O)N2CCC[C@H]2c2ccsc2)CC1. The Hall–Kier alpha value is -2.08. The number of hydrogen-bond donors (Lipinski definition) is 0. The zero-order valence-electron chi connectivity index (χ0n) is 14.1. The normalized spacial score (nSPS) is 21.7. The Morgan fingerprint density at radius 2 is 1.96 bits per heavy atom. The van der Waals surface area contributed by atoms with E-state index in [1.54, 1.807) is 17.4 Å². The summed E-state index contributed by atoms with van der Waals surface area (Å²) in [6.07, 6.45) is 6.62. The number of hydrogen-bond acceptors (Lipinski definition) is 4. The third-order valence-electron chi connectivity index (χ3n) is 5.36. The number of carbonyl (C=O) groups excluding carboxylic acids is 2. The summed E-state index contributed by atoms with van der Waals surface area (Å²) < 4.78 is 4.99. The number of thiophene rings is 1. The number of furan rings is 1. The van der Waals surface area contributed by atoms with Crippen LogP contribution in [0.25, 0.3) is 0 Å². The Balaban J connectivity index is 1.37. The van der Waals surface area contributed by atoms with E-state index in [-0.39, 0.29) is 23.8 Å². The highest BCUT2D eigenvalue weighted by molar-refractivity contribution is 7.08. The van der Waals surface area contributed by atoms with Crippen molar-refractivity contribution >= 4 is 23.2 Å². The standard InChI is InChI=1S/C19H22N2O3S/c22-18(15-5-10-24-12-15)20-8-3-14(4-9-20)19(23)21-7-1-2-17(21)16-6-11-25-13-16/h5-6,10-14,17H,1-4,7-9H2/t17-/m0/s1. The molecule has 2 amide bonds. The lowest BCUT2D eigenvalue weighted by molar-refractivity contribution is -0.137. The fourth-order valence-corrected chi connectivity index (χ4v) is 4.68. The van der Waals surface area contributed by atoms with Gasteiger partial charge in [0, 0.05) is 25.6 Å². The van der Waals surface area contributed by atoms with E-state index in [0.29, 0.717) is 18.7 Å². The molecule has 2 aromatic rings. The van der Waals surface area contributed by atoms with Crippen molar-refractivity contribution < 1.29 is 14.0 Å². The van der Waals surface area contributed by atoms with E-state index in [4.69, 9.17) is 4.42 Å². The molecule has 4 rings (SSSR count). The van der Waals surface area contributed by atoms with Crippen molar-refractivity contribution in [3.8, 4) is 0 Å². The molecule has 0 aromatic carbocycles. The molecule has 2 fully saturated rings. The lowest BCUT2D eigenvalue weighted by atomic mass is 9.94. The summed E-state index contributed by atoms with van der Waals surface area (Å²) in [5, 5.41) is 4.23. The molecule has 0 N–H and O–H groups in total. The highest BCUT2D eigenvalue weighted by Gasteiger charge is 2.36. The summed E-state index contributed by atoms with van der Waals surface area (Å²) in [4.78, 5) is 29.3. The first-order valence-corrected chi connectivity index (χ1v) is 9.82. The Kier molecular flexibility index (Phi) is 4.61. The molecule has 132 valence electrons. The van der Waals surface area contributed by atoms with E-state index >= 15 is 0 Å². The van der Waals surface area contributed by atoms with Crippen LogP contribution in [-0.4, -0.2) is 41.2 Å². The maximum Gasteiger partial charge on any atom is 0.257 e. The molecule has 0 aliphatic carbocycles. The van der Waals surface area contributed by atoms with Crippen molar-refractivity contribution in [3.63, 3.8) is 0 Å². The maximum atomic E-state index is 13.0. The quantitative estimate of drug-likeness (QED) is 0.843. The molecule has 0 saturated carbocycles. The van der Waals surface area contributed by atoms with Gasteiger partial charge in [-0.25, -0.2) is 0 Å². The van der Waals surface area contributed by atoms with Gasteiger partial charge < -0.3 is 14.2 Å². The van der Waals surface area contributed by atoms with Crippen molar-refractivity contribution in [1.29, 1.82) is 0 Å². The Morgan fingerprint density at radius 3 is 2.64 bits per heavy atom. The van der Waals surface area contributed by atoms with Gasteiger partial charge in [-0.05, 0) is 54.1 Å². The molecule has 2 aliphatic heterocycles. The minimum atomic E-state index is -0.00280. The predicted molar refractivity (Wildman–Crippen MR) is 95.3 cm³/mol. The lowest BCUT2D eigenvalue weighted by Gasteiger charge is -2.34. The molecular formula is C19H22N2O3S. The van der Waals surface area contributed by atoms with Crippen molar-refractivity contribution in [2.45, 2.75) is 31.7 Å². The molecule has 2 aromatic heterocycles. The largest absolute Gasteiger partial charge is 0.472 e. The summed E-state index contributed by atoms with van der Waals surface area (Å²) in [6, 6.07) is 4.06. The van der Waals surface area contributed by atoms with Crippen LogP contribution in [0.4, 0.5) is 0 Å². The second-order valence-electron chi connectivity index (χ2n) is 6.82. The van der Waals surface area contributed by atoms with Gasteiger partial charge in [0.2, 0.25) is 5.91 Å². The predicted octanol–water partition coefficient (Wildman–Crippen LogP) is 3.56. The average Bonchev–Trinajstić information content (AvgIpc) is 3.42. The van der Waals surface area contributed by atoms with Gasteiger partial charge in [-0.1, -0.05) is 0 Å².